The zero-order valence-corrected chi connectivity index (χ0v) is 10.2. The highest BCUT2D eigenvalue weighted by molar-refractivity contribution is 6.35. The standard InChI is InChI=1S/C10H13Cl2N3/c1-3-8(4-2)14-15-10-9(12)5-7(11)6-13-10/h5-6H,3-4H2,1-2H3,(H,13,15). The van der Waals surface area contributed by atoms with Gasteiger partial charge in [-0.25, -0.2) is 4.98 Å². The molecule has 0 amide bonds. The summed E-state index contributed by atoms with van der Waals surface area (Å²) >= 11 is 11.6. The van der Waals surface area contributed by atoms with E-state index in [0.717, 1.165) is 18.6 Å². The quantitative estimate of drug-likeness (QED) is 0.644. The SMILES string of the molecule is CCC(CC)=NNc1ncc(Cl)cc1Cl. The second kappa shape index (κ2) is 5.93. The minimum Gasteiger partial charge on any atom is -0.260 e. The molecule has 0 aliphatic rings. The zero-order chi connectivity index (χ0) is 11.3. The smallest absolute Gasteiger partial charge is 0.165 e. The first-order chi connectivity index (χ1) is 7.17. The average molecular weight is 246 g/mol. The molecule has 0 bridgehead atoms. The van der Waals surface area contributed by atoms with E-state index in [4.69, 9.17) is 23.2 Å². The van der Waals surface area contributed by atoms with Crippen molar-refractivity contribution >= 4 is 34.7 Å². The van der Waals surface area contributed by atoms with Gasteiger partial charge >= 0.3 is 0 Å². The Morgan fingerprint density at radius 3 is 2.60 bits per heavy atom. The second-order valence-electron chi connectivity index (χ2n) is 2.98. The van der Waals surface area contributed by atoms with E-state index < -0.39 is 0 Å². The van der Waals surface area contributed by atoms with Gasteiger partial charge in [-0.15, -0.1) is 0 Å². The molecule has 3 nitrogen and oxygen atoms in total. The molecule has 82 valence electrons. The Morgan fingerprint density at radius 2 is 2.07 bits per heavy atom. The van der Waals surface area contributed by atoms with Crippen molar-refractivity contribution in [1.29, 1.82) is 0 Å². The van der Waals surface area contributed by atoms with Crippen LogP contribution in [0.3, 0.4) is 0 Å². The van der Waals surface area contributed by atoms with Gasteiger partial charge in [-0.1, -0.05) is 37.0 Å². The van der Waals surface area contributed by atoms with Gasteiger partial charge in [0.05, 0.1) is 10.0 Å². The molecule has 0 radical (unpaired) electrons. The first-order valence-electron chi connectivity index (χ1n) is 4.79. The number of anilines is 1. The molecule has 1 heterocycles. The minimum atomic E-state index is 0.470. The van der Waals surface area contributed by atoms with Crippen LogP contribution < -0.4 is 5.43 Å². The van der Waals surface area contributed by atoms with Crippen LogP contribution >= 0.6 is 23.2 Å². The van der Waals surface area contributed by atoms with Crippen LogP contribution in [-0.2, 0) is 0 Å². The number of hydrogen-bond acceptors (Lipinski definition) is 3. The highest BCUT2D eigenvalue weighted by Crippen LogP contribution is 2.22. The minimum absolute atomic E-state index is 0.470. The van der Waals surface area contributed by atoms with Crippen molar-refractivity contribution in [2.45, 2.75) is 26.7 Å². The molecule has 0 aromatic carbocycles. The third-order valence-electron chi connectivity index (χ3n) is 1.94. The molecule has 0 spiro atoms. The Balaban J connectivity index is 2.77. The van der Waals surface area contributed by atoms with E-state index in [-0.39, 0.29) is 0 Å². The number of nitrogens with zero attached hydrogens (tertiary/aromatic N) is 2. The fourth-order valence-electron chi connectivity index (χ4n) is 1.04. The van der Waals surface area contributed by atoms with Crippen LogP contribution in [0, 0.1) is 0 Å². The molecular formula is C10H13Cl2N3. The molecule has 15 heavy (non-hydrogen) atoms. The van der Waals surface area contributed by atoms with Crippen molar-refractivity contribution in [1.82, 2.24) is 4.98 Å². The average Bonchev–Trinajstić information content (AvgIpc) is 2.22. The predicted octanol–water partition coefficient (Wildman–Crippen LogP) is 3.98. The van der Waals surface area contributed by atoms with E-state index in [0.29, 0.717) is 15.9 Å². The fourth-order valence-corrected chi connectivity index (χ4v) is 1.46. The molecular weight excluding hydrogens is 233 g/mol. The van der Waals surface area contributed by atoms with E-state index in [1.165, 1.54) is 6.20 Å². The molecule has 0 fully saturated rings. The Bertz CT molecular complexity index is 358. The summed E-state index contributed by atoms with van der Waals surface area (Å²) in [6.45, 7) is 4.11. The second-order valence-corrected chi connectivity index (χ2v) is 3.82. The van der Waals surface area contributed by atoms with Crippen molar-refractivity contribution < 1.29 is 0 Å². The summed E-state index contributed by atoms with van der Waals surface area (Å²) in [5, 5.41) is 5.18. The summed E-state index contributed by atoms with van der Waals surface area (Å²) in [5.41, 5.74) is 3.90. The van der Waals surface area contributed by atoms with Crippen LogP contribution in [0.1, 0.15) is 26.7 Å². The van der Waals surface area contributed by atoms with Crippen molar-refractivity contribution in [3.05, 3.63) is 22.3 Å². The first kappa shape index (κ1) is 12.3. The third-order valence-corrected chi connectivity index (χ3v) is 2.44. The summed E-state index contributed by atoms with van der Waals surface area (Å²) in [7, 11) is 0. The number of hydrazone groups is 1. The Labute approximate surface area is 99.5 Å². The van der Waals surface area contributed by atoms with Crippen molar-refractivity contribution in [3.8, 4) is 0 Å². The lowest BCUT2D eigenvalue weighted by atomic mass is 10.2. The van der Waals surface area contributed by atoms with Gasteiger partial charge in [-0.2, -0.15) is 5.10 Å². The molecule has 0 saturated heterocycles. The topological polar surface area (TPSA) is 37.3 Å². The van der Waals surface area contributed by atoms with Gasteiger partial charge in [0.15, 0.2) is 5.82 Å². The van der Waals surface area contributed by atoms with Crippen LogP contribution in [-0.4, -0.2) is 10.7 Å². The van der Waals surface area contributed by atoms with Crippen LogP contribution in [0.15, 0.2) is 17.4 Å². The van der Waals surface area contributed by atoms with Gasteiger partial charge in [0.1, 0.15) is 0 Å². The van der Waals surface area contributed by atoms with Crippen molar-refractivity contribution in [3.63, 3.8) is 0 Å². The fraction of sp³-hybridized carbons (Fsp3) is 0.400. The van der Waals surface area contributed by atoms with Gasteiger partial charge in [0.2, 0.25) is 0 Å². The van der Waals surface area contributed by atoms with Gasteiger partial charge in [0.25, 0.3) is 0 Å². The van der Waals surface area contributed by atoms with E-state index in [2.05, 4.69) is 29.4 Å². The summed E-state index contributed by atoms with van der Waals surface area (Å²) in [6.07, 6.45) is 3.35. The first-order valence-corrected chi connectivity index (χ1v) is 5.55. The number of nitrogens with one attached hydrogen (secondary N) is 1. The molecule has 1 aromatic rings. The molecule has 5 heteroatoms. The maximum atomic E-state index is 5.92. The maximum Gasteiger partial charge on any atom is 0.165 e. The zero-order valence-electron chi connectivity index (χ0n) is 8.72. The van der Waals surface area contributed by atoms with Crippen LogP contribution in [0.4, 0.5) is 5.82 Å². The molecule has 0 atom stereocenters. The molecule has 0 aliphatic carbocycles. The third kappa shape index (κ3) is 3.68. The number of aromatic nitrogens is 1. The van der Waals surface area contributed by atoms with Crippen LogP contribution in [0.25, 0.3) is 0 Å². The molecule has 1 rings (SSSR count). The summed E-state index contributed by atoms with van der Waals surface area (Å²) < 4.78 is 0. The van der Waals surface area contributed by atoms with E-state index in [9.17, 15) is 0 Å². The number of pyridine rings is 1. The molecule has 0 saturated carbocycles. The lowest BCUT2D eigenvalue weighted by Crippen LogP contribution is -2.00. The number of halogens is 2. The molecule has 0 aliphatic heterocycles. The van der Waals surface area contributed by atoms with E-state index in [1.54, 1.807) is 6.07 Å². The van der Waals surface area contributed by atoms with Crippen LogP contribution in [0.5, 0.6) is 0 Å². The highest BCUT2D eigenvalue weighted by atomic mass is 35.5. The monoisotopic (exact) mass is 245 g/mol. The van der Waals surface area contributed by atoms with Gasteiger partial charge < -0.3 is 0 Å². The lowest BCUT2D eigenvalue weighted by Gasteiger charge is -2.04. The Hall–Kier alpha value is -0.800. The van der Waals surface area contributed by atoms with Crippen molar-refractivity contribution in [2.24, 2.45) is 5.10 Å². The van der Waals surface area contributed by atoms with Gasteiger partial charge in [-0.05, 0) is 18.9 Å². The van der Waals surface area contributed by atoms with Crippen molar-refractivity contribution in [2.75, 3.05) is 5.43 Å². The summed E-state index contributed by atoms with van der Waals surface area (Å²) in [5.74, 6) is 0.528. The molecule has 1 aromatic heterocycles. The van der Waals surface area contributed by atoms with Crippen LogP contribution in [0.2, 0.25) is 10.0 Å². The van der Waals surface area contributed by atoms with Gasteiger partial charge in [-0.3, -0.25) is 5.43 Å². The Kier molecular flexibility index (Phi) is 4.85. The normalized spacial score (nSPS) is 9.87. The number of hydrogen-bond donors (Lipinski definition) is 1. The molecule has 1 N–H and O–H groups in total. The summed E-state index contributed by atoms with van der Waals surface area (Å²) in [6, 6.07) is 1.63. The Morgan fingerprint density at radius 1 is 1.40 bits per heavy atom. The van der Waals surface area contributed by atoms with Gasteiger partial charge in [0, 0.05) is 11.9 Å². The predicted molar refractivity (Wildman–Crippen MR) is 65.9 cm³/mol. The van der Waals surface area contributed by atoms with E-state index in [1.807, 2.05) is 0 Å². The summed E-state index contributed by atoms with van der Waals surface area (Å²) in [4.78, 5) is 4.04. The highest BCUT2D eigenvalue weighted by Gasteiger charge is 2.01. The molecule has 0 unspecified atom stereocenters. The maximum absolute atomic E-state index is 5.92. The number of rotatable bonds is 4. The largest absolute Gasteiger partial charge is 0.260 e. The van der Waals surface area contributed by atoms with E-state index >= 15 is 0 Å². The lowest BCUT2D eigenvalue weighted by molar-refractivity contribution is 1.11.